The summed E-state index contributed by atoms with van der Waals surface area (Å²) < 4.78 is 29.7. The molecule has 1 unspecified atom stereocenters. The summed E-state index contributed by atoms with van der Waals surface area (Å²) in [5, 5.41) is 8.25. The zero-order valence-electron chi connectivity index (χ0n) is 5.45. The van der Waals surface area contributed by atoms with Gasteiger partial charge in [0.15, 0.2) is 0 Å². The molecule has 0 fully saturated rings. The monoisotopic (exact) mass is 224 g/mol. The maximum absolute atomic E-state index is 9.90. The molecular weight excluding hydrogens is 219 g/mol. The van der Waals surface area contributed by atoms with Crippen LogP contribution in [0.1, 0.15) is 0 Å². The van der Waals surface area contributed by atoms with Crippen LogP contribution < -0.4 is 18.9 Å². The Balaban J connectivity index is 0. The van der Waals surface area contributed by atoms with Gasteiger partial charge < -0.3 is 9.66 Å². The molecule has 0 aliphatic carbocycles. The molecule has 0 aromatic rings. The standard InChI is InChI=1S/C3H7BrO4S.Li/c4-3(1-5)2-9(6,7)8;/h3,5H,1-2H2,(H,6,7,8);/q;+1/p-1. The molecule has 7 heteroatoms. The van der Waals surface area contributed by atoms with E-state index in [4.69, 9.17) is 5.11 Å². The van der Waals surface area contributed by atoms with Crippen molar-refractivity contribution in [3.05, 3.63) is 0 Å². The minimum Gasteiger partial charge on any atom is -0.748 e. The smallest absolute Gasteiger partial charge is 0.748 e. The first kappa shape index (κ1) is 13.5. The maximum Gasteiger partial charge on any atom is 1.00 e. The molecule has 0 saturated carbocycles. The van der Waals surface area contributed by atoms with Crippen LogP contribution in [0.2, 0.25) is 0 Å². The summed E-state index contributed by atoms with van der Waals surface area (Å²) in [6, 6.07) is 0. The van der Waals surface area contributed by atoms with Crippen LogP contribution in [0.3, 0.4) is 0 Å². The van der Waals surface area contributed by atoms with Crippen molar-refractivity contribution in [1.29, 1.82) is 0 Å². The van der Waals surface area contributed by atoms with Crippen molar-refractivity contribution in [2.75, 3.05) is 12.4 Å². The van der Waals surface area contributed by atoms with Crippen LogP contribution in [0.4, 0.5) is 0 Å². The Hall–Kier alpha value is 0.947. The Morgan fingerprint density at radius 2 is 2.00 bits per heavy atom. The van der Waals surface area contributed by atoms with Crippen LogP contribution in [0, 0.1) is 0 Å². The molecule has 0 aromatic carbocycles. The summed E-state index contributed by atoms with van der Waals surface area (Å²) in [6.07, 6.45) is 0. The van der Waals surface area contributed by atoms with Crippen molar-refractivity contribution in [3.63, 3.8) is 0 Å². The first-order chi connectivity index (χ1) is 3.95. The molecule has 0 rings (SSSR count). The van der Waals surface area contributed by atoms with Gasteiger partial charge in [0, 0.05) is 0 Å². The number of alkyl halides is 1. The van der Waals surface area contributed by atoms with Gasteiger partial charge in [-0.25, -0.2) is 8.42 Å². The van der Waals surface area contributed by atoms with E-state index in [2.05, 4.69) is 15.9 Å². The van der Waals surface area contributed by atoms with Crippen molar-refractivity contribution in [2.45, 2.75) is 4.83 Å². The molecule has 0 amide bonds. The molecule has 0 radical (unpaired) electrons. The largest absolute Gasteiger partial charge is 1.00 e. The van der Waals surface area contributed by atoms with E-state index in [-0.39, 0.29) is 25.5 Å². The molecular formula is C3H6BrLiO4S. The van der Waals surface area contributed by atoms with Crippen LogP contribution in [0.5, 0.6) is 0 Å². The summed E-state index contributed by atoms with van der Waals surface area (Å²) in [4.78, 5) is -0.639. The minimum absolute atomic E-state index is 0. The second-order valence-electron chi connectivity index (χ2n) is 1.50. The molecule has 0 spiro atoms. The second kappa shape index (κ2) is 5.58. The molecule has 0 bridgehead atoms. The van der Waals surface area contributed by atoms with E-state index in [1.807, 2.05) is 0 Å². The van der Waals surface area contributed by atoms with Crippen molar-refractivity contribution in [2.24, 2.45) is 0 Å². The Morgan fingerprint density at radius 1 is 1.60 bits per heavy atom. The van der Waals surface area contributed by atoms with Crippen LogP contribution >= 0.6 is 15.9 Å². The van der Waals surface area contributed by atoms with Gasteiger partial charge in [0.05, 0.1) is 27.3 Å². The van der Waals surface area contributed by atoms with E-state index < -0.39 is 20.7 Å². The molecule has 4 nitrogen and oxygen atoms in total. The van der Waals surface area contributed by atoms with Crippen LogP contribution in [0.25, 0.3) is 0 Å². The SMILES string of the molecule is O=S(=O)([O-])CC(Br)CO.[Li+]. The number of hydrogen-bond acceptors (Lipinski definition) is 4. The van der Waals surface area contributed by atoms with E-state index >= 15 is 0 Å². The molecule has 0 heterocycles. The van der Waals surface area contributed by atoms with Gasteiger partial charge in [-0.1, -0.05) is 15.9 Å². The van der Waals surface area contributed by atoms with Gasteiger partial charge in [0.25, 0.3) is 0 Å². The summed E-state index contributed by atoms with van der Waals surface area (Å²) in [5.74, 6) is -0.566. The Labute approximate surface area is 80.1 Å². The predicted molar refractivity (Wildman–Crippen MR) is 34.4 cm³/mol. The third-order valence-electron chi connectivity index (χ3n) is 0.583. The van der Waals surface area contributed by atoms with Crippen molar-refractivity contribution < 1.29 is 36.9 Å². The molecule has 1 atom stereocenters. The number of aliphatic hydroxyl groups is 1. The first-order valence-electron chi connectivity index (χ1n) is 2.14. The zero-order valence-corrected chi connectivity index (χ0v) is 7.85. The second-order valence-corrected chi connectivity index (χ2v) is 4.25. The summed E-state index contributed by atoms with van der Waals surface area (Å²) in [5.41, 5.74) is 0. The molecule has 0 aliphatic rings. The van der Waals surface area contributed by atoms with Crippen LogP contribution in [0.15, 0.2) is 0 Å². The topological polar surface area (TPSA) is 77.4 Å². The zero-order chi connectivity index (χ0) is 7.49. The molecule has 0 aliphatic heterocycles. The third kappa shape index (κ3) is 8.95. The van der Waals surface area contributed by atoms with Gasteiger partial charge in [0.1, 0.15) is 0 Å². The molecule has 0 aromatic heterocycles. The quantitative estimate of drug-likeness (QED) is 0.304. The number of aliphatic hydroxyl groups excluding tert-OH is 1. The van der Waals surface area contributed by atoms with Gasteiger partial charge >= 0.3 is 18.9 Å². The fraction of sp³-hybridized carbons (Fsp3) is 1.00. The van der Waals surface area contributed by atoms with Crippen LogP contribution in [-0.4, -0.2) is 35.3 Å². The molecule has 56 valence electrons. The van der Waals surface area contributed by atoms with Gasteiger partial charge in [0.2, 0.25) is 0 Å². The molecule has 1 N–H and O–H groups in total. The number of hydrogen-bond donors (Lipinski definition) is 1. The Kier molecular flexibility index (Phi) is 7.55. The summed E-state index contributed by atoms with van der Waals surface area (Å²) in [7, 11) is -4.19. The fourth-order valence-electron chi connectivity index (χ4n) is 0.274. The molecule has 10 heavy (non-hydrogen) atoms. The average molecular weight is 225 g/mol. The van der Waals surface area contributed by atoms with E-state index in [1.54, 1.807) is 0 Å². The van der Waals surface area contributed by atoms with Crippen molar-refractivity contribution >= 4 is 26.0 Å². The van der Waals surface area contributed by atoms with E-state index in [9.17, 15) is 13.0 Å². The Bertz CT molecular complexity index is 167. The minimum atomic E-state index is -4.19. The van der Waals surface area contributed by atoms with E-state index in [1.165, 1.54) is 0 Å². The van der Waals surface area contributed by atoms with Crippen LogP contribution in [-0.2, 0) is 10.1 Å². The van der Waals surface area contributed by atoms with E-state index in [0.717, 1.165) is 0 Å². The van der Waals surface area contributed by atoms with Gasteiger partial charge in [-0.2, -0.15) is 0 Å². The van der Waals surface area contributed by atoms with Crippen molar-refractivity contribution in [1.82, 2.24) is 0 Å². The van der Waals surface area contributed by atoms with Gasteiger partial charge in [-0.15, -0.1) is 0 Å². The third-order valence-corrected chi connectivity index (χ3v) is 2.44. The van der Waals surface area contributed by atoms with E-state index in [0.29, 0.717) is 0 Å². The van der Waals surface area contributed by atoms with Gasteiger partial charge in [-0.05, 0) is 0 Å². The van der Waals surface area contributed by atoms with Crippen molar-refractivity contribution in [3.8, 4) is 0 Å². The summed E-state index contributed by atoms with van der Waals surface area (Å²) in [6.45, 7) is -0.346. The molecule has 0 saturated heterocycles. The summed E-state index contributed by atoms with van der Waals surface area (Å²) >= 11 is 2.78. The predicted octanol–water partition coefficient (Wildman–Crippen LogP) is -3.71. The number of halogens is 1. The normalized spacial score (nSPS) is 13.9. The number of rotatable bonds is 3. The fourth-order valence-corrected chi connectivity index (χ4v) is 1.79. The average Bonchev–Trinajstić information content (AvgIpc) is 1.62. The maximum atomic E-state index is 9.90. The first-order valence-corrected chi connectivity index (χ1v) is 4.63. The van der Waals surface area contributed by atoms with Gasteiger partial charge in [-0.3, -0.25) is 0 Å². The Morgan fingerprint density at radius 3 is 2.10 bits per heavy atom.